The van der Waals surface area contributed by atoms with Gasteiger partial charge in [0.2, 0.25) is 15.9 Å². The summed E-state index contributed by atoms with van der Waals surface area (Å²) in [6, 6.07) is 22.0. The van der Waals surface area contributed by atoms with Crippen molar-refractivity contribution in [3.05, 3.63) is 90.0 Å². The molecule has 1 fully saturated rings. The van der Waals surface area contributed by atoms with Crippen molar-refractivity contribution in [1.29, 1.82) is 0 Å². The van der Waals surface area contributed by atoms with Gasteiger partial charge in [0.25, 0.3) is 5.91 Å². The van der Waals surface area contributed by atoms with Gasteiger partial charge in [-0.15, -0.1) is 0 Å². The van der Waals surface area contributed by atoms with E-state index in [-0.39, 0.29) is 24.0 Å². The Bertz CT molecular complexity index is 1460. The average molecular weight is 640 g/mol. The van der Waals surface area contributed by atoms with E-state index in [0.717, 1.165) is 11.1 Å². The van der Waals surface area contributed by atoms with Crippen LogP contribution in [-0.2, 0) is 42.1 Å². The molecule has 0 aliphatic carbocycles. The van der Waals surface area contributed by atoms with Crippen LogP contribution >= 0.6 is 0 Å². The van der Waals surface area contributed by atoms with Crippen molar-refractivity contribution in [2.24, 2.45) is 0 Å². The van der Waals surface area contributed by atoms with Crippen LogP contribution in [0.3, 0.4) is 0 Å². The van der Waals surface area contributed by atoms with Gasteiger partial charge in [-0.25, -0.2) is 8.42 Å². The Morgan fingerprint density at radius 2 is 1.58 bits per heavy atom. The molecule has 1 aliphatic rings. The number of hydrogen-bond acceptors (Lipinski definition) is 8. The summed E-state index contributed by atoms with van der Waals surface area (Å²) >= 11 is 0. The molecule has 12 heteroatoms. The zero-order valence-corrected chi connectivity index (χ0v) is 26.5. The molecular weight excluding hydrogens is 598 g/mol. The molecule has 0 aromatic heterocycles. The van der Waals surface area contributed by atoms with Crippen LogP contribution in [0, 0.1) is 0 Å². The molecule has 1 atom stereocenters. The molecule has 0 radical (unpaired) electrons. The summed E-state index contributed by atoms with van der Waals surface area (Å²) in [4.78, 5) is 29.1. The molecule has 2 amide bonds. The minimum absolute atomic E-state index is 0.136. The quantitative estimate of drug-likeness (QED) is 0.238. The summed E-state index contributed by atoms with van der Waals surface area (Å²) in [7, 11) is -0.481. The Hall–Kier alpha value is -3.97. The molecule has 0 spiro atoms. The fourth-order valence-corrected chi connectivity index (χ4v) is 6.31. The van der Waals surface area contributed by atoms with Gasteiger partial charge in [0, 0.05) is 46.3 Å². The number of nitrogens with zero attached hydrogens (tertiary/aromatic N) is 2. The largest absolute Gasteiger partial charge is 0.497 e. The average Bonchev–Trinajstić information content (AvgIpc) is 3.08. The molecule has 1 aliphatic heterocycles. The van der Waals surface area contributed by atoms with Gasteiger partial charge in [-0.3, -0.25) is 9.59 Å². The number of hydrogen-bond donors (Lipinski definition) is 1. The van der Waals surface area contributed by atoms with Crippen molar-refractivity contribution in [1.82, 2.24) is 14.5 Å². The first kappa shape index (κ1) is 33.9. The second-order valence-corrected chi connectivity index (χ2v) is 12.4. The van der Waals surface area contributed by atoms with Gasteiger partial charge in [0.15, 0.2) is 6.61 Å². The fraction of sp³-hybridized carbons (Fsp3) is 0.394. The number of carbonyl (C=O) groups is 2. The molecule has 1 heterocycles. The van der Waals surface area contributed by atoms with E-state index >= 15 is 0 Å². The van der Waals surface area contributed by atoms with Crippen molar-refractivity contribution < 1.29 is 37.0 Å². The van der Waals surface area contributed by atoms with Crippen LogP contribution in [-0.4, -0.2) is 95.8 Å². The lowest BCUT2D eigenvalue weighted by Crippen LogP contribution is -2.51. The number of ether oxygens (including phenoxy) is 4. The van der Waals surface area contributed by atoms with Crippen LogP contribution in [0.1, 0.15) is 17.5 Å². The van der Waals surface area contributed by atoms with Gasteiger partial charge >= 0.3 is 0 Å². The molecule has 242 valence electrons. The van der Waals surface area contributed by atoms with E-state index in [1.54, 1.807) is 26.4 Å². The molecule has 11 nitrogen and oxygen atoms in total. The van der Waals surface area contributed by atoms with Gasteiger partial charge in [-0.2, -0.15) is 4.31 Å². The first-order valence-corrected chi connectivity index (χ1v) is 16.3. The molecule has 45 heavy (non-hydrogen) atoms. The molecule has 0 unspecified atom stereocenters. The summed E-state index contributed by atoms with van der Waals surface area (Å²) in [6.07, 6.45) is 0.931. The highest BCUT2D eigenvalue weighted by Gasteiger charge is 2.31. The van der Waals surface area contributed by atoms with Crippen LogP contribution < -0.4 is 14.8 Å². The summed E-state index contributed by atoms with van der Waals surface area (Å²) in [5.74, 6) is 0.325. The normalized spacial score (nSPS) is 14.4. The smallest absolute Gasteiger partial charge is 0.261 e. The van der Waals surface area contributed by atoms with E-state index in [0.29, 0.717) is 63.8 Å². The minimum atomic E-state index is -3.66. The van der Waals surface area contributed by atoms with Crippen molar-refractivity contribution in [3.63, 3.8) is 0 Å². The highest BCUT2D eigenvalue weighted by atomic mass is 32.2. The minimum Gasteiger partial charge on any atom is -0.497 e. The van der Waals surface area contributed by atoms with E-state index in [2.05, 4.69) is 5.32 Å². The highest BCUT2D eigenvalue weighted by molar-refractivity contribution is 7.89. The number of methoxy groups -OCH3 is 2. The van der Waals surface area contributed by atoms with Gasteiger partial charge in [0.05, 0.1) is 25.2 Å². The molecule has 3 aromatic carbocycles. The van der Waals surface area contributed by atoms with Crippen LogP contribution in [0.4, 0.5) is 0 Å². The van der Waals surface area contributed by atoms with Gasteiger partial charge in [-0.05, 0) is 53.9 Å². The zero-order chi connectivity index (χ0) is 32.1. The third-order valence-electron chi connectivity index (χ3n) is 7.40. The van der Waals surface area contributed by atoms with Gasteiger partial charge in [0.1, 0.15) is 17.5 Å². The van der Waals surface area contributed by atoms with E-state index in [1.165, 1.54) is 33.5 Å². The number of amides is 2. The van der Waals surface area contributed by atoms with E-state index in [1.807, 2.05) is 42.5 Å². The molecule has 1 saturated heterocycles. The lowest BCUT2D eigenvalue weighted by molar-refractivity contribution is -0.142. The Morgan fingerprint density at radius 3 is 2.22 bits per heavy atom. The molecule has 0 bridgehead atoms. The topological polar surface area (TPSA) is 124 Å². The van der Waals surface area contributed by atoms with Crippen LogP contribution in [0.15, 0.2) is 83.8 Å². The summed E-state index contributed by atoms with van der Waals surface area (Å²) in [5.41, 5.74) is 1.71. The molecular formula is C33H41N3O8S. The lowest BCUT2D eigenvalue weighted by atomic mass is 10.0. The maximum Gasteiger partial charge on any atom is 0.261 e. The fourth-order valence-electron chi connectivity index (χ4n) is 4.90. The van der Waals surface area contributed by atoms with Gasteiger partial charge in [-0.1, -0.05) is 42.5 Å². The van der Waals surface area contributed by atoms with E-state index < -0.39 is 22.0 Å². The lowest BCUT2D eigenvalue weighted by Gasteiger charge is -2.31. The predicted molar refractivity (Wildman–Crippen MR) is 168 cm³/mol. The third kappa shape index (κ3) is 9.76. The van der Waals surface area contributed by atoms with Crippen molar-refractivity contribution in [2.45, 2.75) is 30.3 Å². The van der Waals surface area contributed by atoms with E-state index in [4.69, 9.17) is 18.9 Å². The standard InChI is InChI=1S/C33H41N3O8S/c1-41-20-6-17-34-33(38)31(23-26-7-4-3-5-8-26)36(24-27-9-11-28(42-2)12-10-27)32(37)25-44-29-13-15-30(16-14-29)45(39,40)35-18-21-43-22-19-35/h3-5,7-16,31H,6,17-25H2,1-2H3,(H,34,38)/t31-/m1/s1. The maximum absolute atomic E-state index is 13.9. The van der Waals surface area contributed by atoms with Crippen LogP contribution in [0.5, 0.6) is 11.5 Å². The van der Waals surface area contributed by atoms with Crippen LogP contribution in [0.25, 0.3) is 0 Å². The highest BCUT2D eigenvalue weighted by Crippen LogP contribution is 2.22. The predicted octanol–water partition coefficient (Wildman–Crippen LogP) is 2.89. The Balaban J connectivity index is 1.53. The number of benzene rings is 3. The first-order chi connectivity index (χ1) is 21.8. The SMILES string of the molecule is COCCCNC(=O)[C@@H](Cc1ccccc1)N(Cc1ccc(OC)cc1)C(=O)COc1ccc(S(=O)(=O)N2CCOCC2)cc1. The van der Waals surface area contributed by atoms with Gasteiger partial charge < -0.3 is 29.2 Å². The number of nitrogens with one attached hydrogen (secondary N) is 1. The maximum atomic E-state index is 13.9. The number of morpholine rings is 1. The van der Waals surface area contributed by atoms with E-state index in [9.17, 15) is 18.0 Å². The number of sulfonamides is 1. The molecule has 0 saturated carbocycles. The monoisotopic (exact) mass is 639 g/mol. The summed E-state index contributed by atoms with van der Waals surface area (Å²) in [6.45, 7) is 2.00. The first-order valence-electron chi connectivity index (χ1n) is 14.9. The van der Waals surface area contributed by atoms with Crippen molar-refractivity contribution in [2.75, 3.05) is 60.3 Å². The Morgan fingerprint density at radius 1 is 0.911 bits per heavy atom. The van der Waals surface area contributed by atoms with Crippen molar-refractivity contribution >= 4 is 21.8 Å². The van der Waals surface area contributed by atoms with Crippen molar-refractivity contribution in [3.8, 4) is 11.5 Å². The molecule has 3 aromatic rings. The second kappa shape index (κ2) is 16.9. The summed E-state index contributed by atoms with van der Waals surface area (Å²) in [5, 5.41) is 2.96. The second-order valence-electron chi connectivity index (χ2n) is 10.5. The van der Waals surface area contributed by atoms with Crippen LogP contribution in [0.2, 0.25) is 0 Å². The summed E-state index contributed by atoms with van der Waals surface area (Å²) < 4.78 is 48.9. The molecule has 1 N–H and O–H groups in total. The number of carbonyl (C=O) groups excluding carboxylic acids is 2. The Kier molecular flexibility index (Phi) is 12.8. The number of rotatable bonds is 16. The Labute approximate surface area is 265 Å². The third-order valence-corrected chi connectivity index (χ3v) is 9.31. The zero-order valence-electron chi connectivity index (χ0n) is 25.7. The molecule has 4 rings (SSSR count).